The first-order valence-corrected chi connectivity index (χ1v) is 9.03. The Hall–Kier alpha value is -2.76. The summed E-state index contributed by atoms with van der Waals surface area (Å²) >= 11 is 0. The Labute approximate surface area is 158 Å². The van der Waals surface area contributed by atoms with Gasteiger partial charge in [-0.3, -0.25) is 19.3 Å². The van der Waals surface area contributed by atoms with Crippen LogP contribution in [0, 0.1) is 17.3 Å². The number of anilines is 1. The van der Waals surface area contributed by atoms with Crippen LogP contribution in [0.15, 0.2) is 36.4 Å². The topological polar surface area (TPSA) is 80.8 Å². The lowest BCUT2D eigenvalue weighted by Gasteiger charge is -2.17. The minimum Gasteiger partial charge on any atom is -0.454 e. The first-order chi connectivity index (χ1) is 12.7. The molecule has 0 aromatic heterocycles. The van der Waals surface area contributed by atoms with E-state index in [-0.39, 0.29) is 41.6 Å². The van der Waals surface area contributed by atoms with E-state index in [4.69, 9.17) is 4.74 Å². The lowest BCUT2D eigenvalue weighted by atomic mass is 9.85. The molecular weight excluding hydrogens is 346 g/mol. The number of amides is 2. The maximum Gasteiger partial charge on any atom is 0.338 e. The van der Waals surface area contributed by atoms with Gasteiger partial charge in [-0.1, -0.05) is 32.9 Å². The molecule has 1 heterocycles. The zero-order chi connectivity index (χ0) is 19.8. The molecule has 2 amide bonds. The van der Waals surface area contributed by atoms with Crippen molar-refractivity contribution in [2.45, 2.75) is 33.6 Å². The molecule has 0 radical (unpaired) electrons. The number of benzene rings is 1. The molecule has 3 rings (SSSR count). The van der Waals surface area contributed by atoms with Crippen molar-refractivity contribution in [1.82, 2.24) is 0 Å². The summed E-state index contributed by atoms with van der Waals surface area (Å²) < 4.78 is 5.06. The summed E-state index contributed by atoms with van der Waals surface area (Å²) in [5.41, 5.74) is 0.132. The average Bonchev–Trinajstić information content (AvgIpc) is 2.90. The second-order valence-corrected chi connectivity index (χ2v) is 7.96. The van der Waals surface area contributed by atoms with Gasteiger partial charge in [0.25, 0.3) is 0 Å². The molecule has 1 fully saturated rings. The van der Waals surface area contributed by atoms with E-state index in [0.717, 1.165) is 0 Å². The number of esters is 1. The van der Waals surface area contributed by atoms with Crippen LogP contribution in [0.5, 0.6) is 0 Å². The molecule has 0 saturated carbocycles. The second kappa shape index (κ2) is 7.10. The van der Waals surface area contributed by atoms with Gasteiger partial charge in [-0.15, -0.1) is 0 Å². The fourth-order valence-electron chi connectivity index (χ4n) is 3.23. The minimum atomic E-state index is -0.615. The number of allylic oxidation sites excluding steroid dienone is 2. The molecule has 0 unspecified atom stereocenters. The maximum atomic E-state index is 12.6. The fourth-order valence-corrected chi connectivity index (χ4v) is 3.23. The first kappa shape index (κ1) is 19.0. The highest BCUT2D eigenvalue weighted by Crippen LogP contribution is 2.37. The van der Waals surface area contributed by atoms with Gasteiger partial charge in [0.05, 0.1) is 23.1 Å². The molecule has 1 aliphatic carbocycles. The van der Waals surface area contributed by atoms with Gasteiger partial charge in [-0.2, -0.15) is 0 Å². The van der Waals surface area contributed by atoms with Crippen LogP contribution in [0.2, 0.25) is 0 Å². The van der Waals surface area contributed by atoms with E-state index in [0.29, 0.717) is 18.5 Å². The molecule has 1 aromatic rings. The third-order valence-electron chi connectivity index (χ3n) is 5.04. The molecule has 0 N–H and O–H groups in total. The van der Waals surface area contributed by atoms with Crippen LogP contribution < -0.4 is 4.90 Å². The van der Waals surface area contributed by atoms with Crippen LogP contribution in [0.3, 0.4) is 0 Å². The SMILES string of the molecule is CC(C)(C)C(=O)COC(=O)c1ccc(N2C(=O)[C@@H]3CC=CC[C@H]3C2=O)cc1. The second-order valence-electron chi connectivity index (χ2n) is 7.96. The van der Waals surface area contributed by atoms with Crippen molar-refractivity contribution in [3.63, 3.8) is 0 Å². The molecule has 1 aromatic carbocycles. The smallest absolute Gasteiger partial charge is 0.338 e. The van der Waals surface area contributed by atoms with Crippen molar-refractivity contribution >= 4 is 29.3 Å². The van der Waals surface area contributed by atoms with Crippen LogP contribution in [0.4, 0.5) is 5.69 Å². The monoisotopic (exact) mass is 369 g/mol. The maximum absolute atomic E-state index is 12.6. The number of rotatable bonds is 4. The normalized spacial score (nSPS) is 22.0. The van der Waals surface area contributed by atoms with Crippen molar-refractivity contribution in [3.05, 3.63) is 42.0 Å². The lowest BCUT2D eigenvalue weighted by molar-refractivity contribution is -0.129. The van der Waals surface area contributed by atoms with Gasteiger partial charge >= 0.3 is 5.97 Å². The molecule has 0 spiro atoms. The molecule has 1 saturated heterocycles. The number of carbonyl (C=O) groups is 4. The molecule has 6 heteroatoms. The summed E-state index contributed by atoms with van der Waals surface area (Å²) in [6, 6.07) is 6.12. The number of Topliss-reactive ketones (excluding diaryl/α,β-unsaturated/α-hetero) is 1. The van der Waals surface area contributed by atoms with Crippen LogP contribution >= 0.6 is 0 Å². The van der Waals surface area contributed by atoms with Crippen molar-refractivity contribution in [3.8, 4) is 0 Å². The van der Waals surface area contributed by atoms with E-state index in [1.165, 1.54) is 17.0 Å². The highest BCUT2D eigenvalue weighted by Gasteiger charge is 2.47. The summed E-state index contributed by atoms with van der Waals surface area (Å²) in [5, 5.41) is 0. The number of hydrogen-bond donors (Lipinski definition) is 0. The molecule has 0 bridgehead atoms. The Morgan fingerprint density at radius 3 is 2.00 bits per heavy atom. The van der Waals surface area contributed by atoms with Gasteiger partial charge in [0, 0.05) is 5.41 Å². The van der Waals surface area contributed by atoms with E-state index in [1.807, 2.05) is 12.2 Å². The minimum absolute atomic E-state index is 0.169. The zero-order valence-electron chi connectivity index (χ0n) is 15.7. The molecule has 6 nitrogen and oxygen atoms in total. The summed E-state index contributed by atoms with van der Waals surface area (Å²) in [5.74, 6) is -1.76. The van der Waals surface area contributed by atoms with Crippen LogP contribution in [0.25, 0.3) is 0 Å². The van der Waals surface area contributed by atoms with Crippen molar-refractivity contribution in [2.24, 2.45) is 17.3 Å². The number of ketones is 1. The van der Waals surface area contributed by atoms with Crippen molar-refractivity contribution < 1.29 is 23.9 Å². The largest absolute Gasteiger partial charge is 0.454 e. The van der Waals surface area contributed by atoms with E-state index < -0.39 is 11.4 Å². The number of fused-ring (bicyclic) bond motifs is 1. The van der Waals surface area contributed by atoms with Gasteiger partial charge < -0.3 is 4.74 Å². The van der Waals surface area contributed by atoms with Gasteiger partial charge in [0.15, 0.2) is 12.4 Å². The molecular formula is C21H23NO5. The van der Waals surface area contributed by atoms with Gasteiger partial charge in [0.2, 0.25) is 11.8 Å². The Morgan fingerprint density at radius 1 is 1.00 bits per heavy atom. The third-order valence-corrected chi connectivity index (χ3v) is 5.04. The molecule has 1 aliphatic heterocycles. The summed E-state index contributed by atoms with van der Waals surface area (Å²) in [7, 11) is 0. The molecule has 27 heavy (non-hydrogen) atoms. The van der Waals surface area contributed by atoms with Crippen LogP contribution in [-0.4, -0.2) is 30.2 Å². The molecule has 2 aliphatic rings. The fraction of sp³-hybridized carbons (Fsp3) is 0.429. The van der Waals surface area contributed by atoms with Crippen molar-refractivity contribution in [1.29, 1.82) is 0 Å². The summed E-state index contributed by atoms with van der Waals surface area (Å²) in [6.07, 6.45) is 5.04. The number of imide groups is 1. The zero-order valence-corrected chi connectivity index (χ0v) is 15.7. The van der Waals surface area contributed by atoms with Crippen LogP contribution in [0.1, 0.15) is 44.0 Å². The Balaban J connectivity index is 1.69. The number of hydrogen-bond acceptors (Lipinski definition) is 5. The van der Waals surface area contributed by atoms with E-state index in [1.54, 1.807) is 32.9 Å². The van der Waals surface area contributed by atoms with Gasteiger partial charge in [-0.25, -0.2) is 4.79 Å². The highest BCUT2D eigenvalue weighted by molar-refractivity contribution is 6.22. The standard InChI is InChI=1S/C21H23NO5/c1-21(2,3)17(23)12-27-20(26)13-8-10-14(11-9-13)22-18(24)15-6-4-5-7-16(15)19(22)25/h4-5,8-11,15-16H,6-7,12H2,1-3H3/t15-,16-/m1/s1. The highest BCUT2D eigenvalue weighted by atomic mass is 16.5. The lowest BCUT2D eigenvalue weighted by Crippen LogP contribution is -2.30. The summed E-state index contributed by atoms with van der Waals surface area (Å²) in [6.45, 7) is 4.99. The first-order valence-electron chi connectivity index (χ1n) is 9.03. The average molecular weight is 369 g/mol. The Kier molecular flexibility index (Phi) is 5.00. The predicted molar refractivity (Wildman–Crippen MR) is 99.0 cm³/mol. The van der Waals surface area contributed by atoms with E-state index in [2.05, 4.69) is 0 Å². The molecule has 2 atom stereocenters. The Bertz CT molecular complexity index is 790. The predicted octanol–water partition coefficient (Wildman–Crippen LogP) is 2.91. The van der Waals surface area contributed by atoms with E-state index in [9.17, 15) is 19.2 Å². The van der Waals surface area contributed by atoms with Gasteiger partial charge in [0.1, 0.15) is 0 Å². The quantitative estimate of drug-likeness (QED) is 0.463. The van der Waals surface area contributed by atoms with E-state index >= 15 is 0 Å². The number of carbonyl (C=O) groups excluding carboxylic acids is 4. The summed E-state index contributed by atoms with van der Waals surface area (Å²) in [4.78, 5) is 50.3. The number of nitrogens with zero attached hydrogens (tertiary/aromatic N) is 1. The van der Waals surface area contributed by atoms with Gasteiger partial charge in [-0.05, 0) is 37.1 Å². The van der Waals surface area contributed by atoms with Crippen molar-refractivity contribution in [2.75, 3.05) is 11.5 Å². The van der Waals surface area contributed by atoms with Crippen LogP contribution in [-0.2, 0) is 19.1 Å². The molecule has 142 valence electrons. The third kappa shape index (κ3) is 3.70. The number of ether oxygens (including phenoxy) is 1. The Morgan fingerprint density at radius 2 is 1.52 bits per heavy atom.